The minimum atomic E-state index is -0.693. The van der Waals surface area contributed by atoms with Gasteiger partial charge in [0.2, 0.25) is 0 Å². The number of carbonyl (C=O) groups excluding carboxylic acids is 1. The average molecular weight is 549 g/mol. The molecule has 10 nitrogen and oxygen atoms in total. The number of likely N-dealkylation sites (tertiary alicyclic amines) is 1. The molecule has 1 saturated heterocycles. The van der Waals surface area contributed by atoms with Crippen molar-refractivity contribution in [3.05, 3.63) is 65.6 Å². The SMILES string of the molecule is N#Cc1cc2c(Oc3ccc(NC(=O)Nc4nccs4)c(F)c3)ccnc2cc1OCC(O)CN1CCCC1. The number of anilines is 2. The number of hydrogen-bond acceptors (Lipinski definition) is 9. The molecule has 1 atom stereocenters. The number of β-amino-alcohol motifs (C(OH)–C–C–N with tert-alkyl or cyclic N) is 1. The second kappa shape index (κ2) is 12.0. The van der Waals surface area contributed by atoms with E-state index in [1.54, 1.807) is 29.8 Å². The quantitative estimate of drug-likeness (QED) is 0.267. The predicted octanol–water partition coefficient (Wildman–Crippen LogP) is 4.97. The fourth-order valence-electron chi connectivity index (χ4n) is 4.27. The zero-order valence-corrected chi connectivity index (χ0v) is 21.6. The molecule has 0 bridgehead atoms. The van der Waals surface area contributed by atoms with Crippen molar-refractivity contribution in [2.45, 2.75) is 18.9 Å². The van der Waals surface area contributed by atoms with Crippen LogP contribution in [-0.4, -0.2) is 58.4 Å². The Morgan fingerprint density at radius 3 is 2.74 bits per heavy atom. The van der Waals surface area contributed by atoms with Crippen molar-refractivity contribution in [3.63, 3.8) is 0 Å². The number of carbonyl (C=O) groups is 1. The van der Waals surface area contributed by atoms with Gasteiger partial charge in [0.1, 0.15) is 41.8 Å². The van der Waals surface area contributed by atoms with E-state index in [4.69, 9.17) is 9.47 Å². The Labute approximate surface area is 227 Å². The number of aromatic nitrogens is 2. The summed E-state index contributed by atoms with van der Waals surface area (Å²) >= 11 is 1.24. The van der Waals surface area contributed by atoms with Crippen LogP contribution in [0, 0.1) is 17.1 Å². The summed E-state index contributed by atoms with van der Waals surface area (Å²) in [5.74, 6) is 0.169. The smallest absolute Gasteiger partial charge is 0.325 e. The number of halogens is 1. The van der Waals surface area contributed by atoms with E-state index in [2.05, 4.69) is 31.6 Å². The molecule has 1 unspecified atom stereocenters. The molecule has 12 heteroatoms. The number of rotatable bonds is 9. The second-order valence-electron chi connectivity index (χ2n) is 8.92. The van der Waals surface area contributed by atoms with Gasteiger partial charge in [0.25, 0.3) is 0 Å². The fraction of sp³-hybridized carbons (Fsp3) is 0.259. The van der Waals surface area contributed by atoms with Gasteiger partial charge < -0.3 is 24.8 Å². The van der Waals surface area contributed by atoms with Crippen LogP contribution in [0.1, 0.15) is 18.4 Å². The molecule has 1 aliphatic rings. The molecule has 1 fully saturated rings. The van der Waals surface area contributed by atoms with Crippen LogP contribution in [0.25, 0.3) is 10.9 Å². The lowest BCUT2D eigenvalue weighted by Crippen LogP contribution is -2.33. The molecule has 2 aromatic carbocycles. The van der Waals surface area contributed by atoms with Crippen molar-refractivity contribution in [1.82, 2.24) is 14.9 Å². The number of nitrogens with zero attached hydrogens (tertiary/aromatic N) is 4. The van der Waals surface area contributed by atoms with Gasteiger partial charge in [-0.25, -0.2) is 14.2 Å². The Kier molecular flexibility index (Phi) is 8.12. The van der Waals surface area contributed by atoms with Crippen LogP contribution in [0.4, 0.5) is 20.0 Å². The number of aliphatic hydroxyl groups excluding tert-OH is 1. The number of amides is 2. The first-order valence-corrected chi connectivity index (χ1v) is 13.2. The molecule has 39 heavy (non-hydrogen) atoms. The molecule has 3 N–H and O–H groups in total. The van der Waals surface area contributed by atoms with Crippen LogP contribution in [0.2, 0.25) is 0 Å². The highest BCUT2D eigenvalue weighted by Gasteiger charge is 2.18. The maximum atomic E-state index is 14.7. The van der Waals surface area contributed by atoms with Crippen LogP contribution in [0.3, 0.4) is 0 Å². The topological polar surface area (TPSA) is 133 Å². The zero-order chi connectivity index (χ0) is 27.2. The lowest BCUT2D eigenvalue weighted by Gasteiger charge is -2.20. The summed E-state index contributed by atoms with van der Waals surface area (Å²) in [7, 11) is 0. The number of benzene rings is 2. The molecule has 2 amide bonds. The number of pyridine rings is 1. The fourth-order valence-corrected chi connectivity index (χ4v) is 4.79. The molecule has 0 aliphatic carbocycles. The molecule has 4 aromatic rings. The average Bonchev–Trinajstić information content (AvgIpc) is 3.63. The van der Waals surface area contributed by atoms with E-state index < -0.39 is 18.0 Å². The van der Waals surface area contributed by atoms with Crippen molar-refractivity contribution in [1.29, 1.82) is 5.26 Å². The third-order valence-corrected chi connectivity index (χ3v) is 6.78. The molecule has 2 aromatic heterocycles. The van der Waals surface area contributed by atoms with E-state index in [1.165, 1.54) is 29.7 Å². The van der Waals surface area contributed by atoms with Crippen molar-refractivity contribution < 1.29 is 23.8 Å². The maximum absolute atomic E-state index is 14.7. The summed E-state index contributed by atoms with van der Waals surface area (Å²) in [4.78, 5) is 22.6. The standard InChI is InChI=1S/C27H25FN6O4S/c28-21-12-19(3-4-22(21)32-26(36)33-27-31-7-10-39-27)38-24-5-6-30-23-13-25(17(14-29)11-20(23)24)37-16-18(35)15-34-8-1-2-9-34/h3-7,10-13,18,35H,1-2,8-9,15-16H2,(H2,31,32,33,36). The number of nitriles is 1. The molecule has 0 saturated carbocycles. The molecular weight excluding hydrogens is 523 g/mol. The highest BCUT2D eigenvalue weighted by Crippen LogP contribution is 2.34. The van der Waals surface area contributed by atoms with Gasteiger partial charge in [-0.1, -0.05) is 0 Å². The summed E-state index contributed by atoms with van der Waals surface area (Å²) in [5.41, 5.74) is 0.732. The molecule has 3 heterocycles. The maximum Gasteiger partial charge on any atom is 0.325 e. The highest BCUT2D eigenvalue weighted by atomic mass is 32.1. The molecule has 0 radical (unpaired) electrons. The summed E-state index contributed by atoms with van der Waals surface area (Å²) in [6, 6.07) is 10.4. The van der Waals surface area contributed by atoms with Crippen molar-refractivity contribution in [2.24, 2.45) is 0 Å². The van der Waals surface area contributed by atoms with E-state index in [1.807, 2.05) is 0 Å². The third kappa shape index (κ3) is 6.58. The lowest BCUT2D eigenvalue weighted by atomic mass is 10.1. The Morgan fingerprint density at radius 2 is 2.00 bits per heavy atom. The normalized spacial score (nSPS) is 14.1. The zero-order valence-electron chi connectivity index (χ0n) is 20.8. The summed E-state index contributed by atoms with van der Waals surface area (Å²) < 4.78 is 26.4. The first kappa shape index (κ1) is 26.3. The van der Waals surface area contributed by atoms with Crippen LogP contribution in [0.5, 0.6) is 17.2 Å². The van der Waals surface area contributed by atoms with Crippen molar-refractivity contribution in [3.8, 4) is 23.3 Å². The number of fused-ring (bicyclic) bond motifs is 1. The van der Waals surface area contributed by atoms with Gasteiger partial charge >= 0.3 is 6.03 Å². The molecule has 0 spiro atoms. The van der Waals surface area contributed by atoms with Gasteiger partial charge in [0.15, 0.2) is 5.13 Å². The molecule has 5 rings (SSSR count). The molecular formula is C27H25FN6O4S. The van der Waals surface area contributed by atoms with E-state index in [9.17, 15) is 19.6 Å². The van der Waals surface area contributed by atoms with E-state index in [0.29, 0.717) is 34.1 Å². The summed E-state index contributed by atoms with van der Waals surface area (Å²) in [6.45, 7) is 2.51. The van der Waals surface area contributed by atoms with Gasteiger partial charge in [-0.3, -0.25) is 10.3 Å². The van der Waals surface area contributed by atoms with Gasteiger partial charge in [-0.05, 0) is 50.2 Å². The number of aliphatic hydroxyl groups is 1. The van der Waals surface area contributed by atoms with Crippen LogP contribution >= 0.6 is 11.3 Å². The van der Waals surface area contributed by atoms with Gasteiger partial charge in [0.05, 0.1) is 16.8 Å². The summed E-state index contributed by atoms with van der Waals surface area (Å²) in [5, 5.41) is 27.7. The van der Waals surface area contributed by atoms with Crippen LogP contribution < -0.4 is 20.1 Å². The molecule has 200 valence electrons. The van der Waals surface area contributed by atoms with E-state index in [-0.39, 0.29) is 23.6 Å². The largest absolute Gasteiger partial charge is 0.489 e. The van der Waals surface area contributed by atoms with Crippen molar-refractivity contribution in [2.75, 3.05) is 36.9 Å². The Morgan fingerprint density at radius 1 is 1.15 bits per heavy atom. The van der Waals surface area contributed by atoms with Gasteiger partial charge in [-0.2, -0.15) is 5.26 Å². The lowest BCUT2D eigenvalue weighted by molar-refractivity contribution is 0.0758. The number of ether oxygens (including phenoxy) is 2. The van der Waals surface area contributed by atoms with E-state index in [0.717, 1.165) is 32.0 Å². The highest BCUT2D eigenvalue weighted by molar-refractivity contribution is 7.13. The third-order valence-electron chi connectivity index (χ3n) is 6.09. The van der Waals surface area contributed by atoms with Crippen LogP contribution in [-0.2, 0) is 0 Å². The minimum absolute atomic E-state index is 0.0310. The monoisotopic (exact) mass is 548 g/mol. The number of urea groups is 1. The Balaban J connectivity index is 1.28. The molecule has 1 aliphatic heterocycles. The van der Waals surface area contributed by atoms with E-state index >= 15 is 0 Å². The van der Waals surface area contributed by atoms with Gasteiger partial charge in [-0.15, -0.1) is 11.3 Å². The van der Waals surface area contributed by atoms with Gasteiger partial charge in [0, 0.05) is 41.8 Å². The number of thiazole rings is 1. The Hall–Kier alpha value is -4.31. The number of hydrogen-bond donors (Lipinski definition) is 3. The Bertz CT molecular complexity index is 1500. The van der Waals surface area contributed by atoms with Crippen LogP contribution in [0.15, 0.2) is 54.2 Å². The first-order chi connectivity index (χ1) is 19.0. The summed E-state index contributed by atoms with van der Waals surface area (Å²) in [6.07, 6.45) is 4.66. The predicted molar refractivity (Wildman–Crippen MR) is 145 cm³/mol. The first-order valence-electron chi connectivity index (χ1n) is 12.3. The minimum Gasteiger partial charge on any atom is -0.489 e. The second-order valence-corrected chi connectivity index (χ2v) is 9.81. The van der Waals surface area contributed by atoms with Crippen molar-refractivity contribution >= 4 is 39.1 Å². The number of nitrogens with one attached hydrogen (secondary N) is 2.